The van der Waals surface area contributed by atoms with Gasteiger partial charge in [-0.1, -0.05) is 13.8 Å². The third kappa shape index (κ3) is 5.19. The maximum atomic E-state index is 8.79. The fourth-order valence-electron chi connectivity index (χ4n) is 1.60. The first-order valence-corrected chi connectivity index (χ1v) is 5.70. The number of hydrogen-bond acceptors (Lipinski definition) is 4. The third-order valence-corrected chi connectivity index (χ3v) is 2.54. The molecule has 1 aromatic heterocycles. The maximum Gasteiger partial charge on any atom is 0.0724 e. The number of nitrogens with zero attached hydrogens (tertiary/aromatic N) is 2. The molecular weight excluding hydrogens is 202 g/mol. The first-order chi connectivity index (χ1) is 7.64. The summed E-state index contributed by atoms with van der Waals surface area (Å²) in [4.78, 5) is 8.21. The lowest BCUT2D eigenvalue weighted by Crippen LogP contribution is -2.29. The molecule has 16 heavy (non-hydrogen) atoms. The van der Waals surface area contributed by atoms with E-state index in [0.717, 1.165) is 31.6 Å². The van der Waals surface area contributed by atoms with E-state index in [4.69, 9.17) is 5.11 Å². The maximum absolute atomic E-state index is 8.79. The summed E-state index contributed by atoms with van der Waals surface area (Å²) in [6.07, 6.45) is 7.03. The minimum absolute atomic E-state index is 0.213. The summed E-state index contributed by atoms with van der Waals surface area (Å²) >= 11 is 0. The van der Waals surface area contributed by atoms with Gasteiger partial charge in [-0.2, -0.15) is 0 Å². The summed E-state index contributed by atoms with van der Waals surface area (Å²) in [5.74, 6) is 0. The van der Waals surface area contributed by atoms with Crippen LogP contribution in [0.2, 0.25) is 0 Å². The van der Waals surface area contributed by atoms with Crippen LogP contribution >= 0.6 is 0 Å². The van der Waals surface area contributed by atoms with E-state index in [-0.39, 0.29) is 12.0 Å². The van der Waals surface area contributed by atoms with Crippen LogP contribution in [0.1, 0.15) is 32.4 Å². The van der Waals surface area contributed by atoms with Crippen molar-refractivity contribution in [1.82, 2.24) is 15.3 Å². The Morgan fingerprint density at radius 3 is 2.81 bits per heavy atom. The summed E-state index contributed by atoms with van der Waals surface area (Å²) in [6, 6.07) is 0. The van der Waals surface area contributed by atoms with E-state index in [1.165, 1.54) is 0 Å². The van der Waals surface area contributed by atoms with Gasteiger partial charge in [0.25, 0.3) is 0 Å². The highest BCUT2D eigenvalue weighted by atomic mass is 16.2. The van der Waals surface area contributed by atoms with E-state index in [1.54, 1.807) is 18.6 Å². The van der Waals surface area contributed by atoms with Gasteiger partial charge in [-0.3, -0.25) is 9.97 Å². The lowest BCUT2D eigenvalue weighted by atomic mass is 9.88. The van der Waals surface area contributed by atoms with Gasteiger partial charge in [0, 0.05) is 38.3 Å². The highest BCUT2D eigenvalue weighted by molar-refractivity contribution is 4.93. The second-order valence-electron chi connectivity index (χ2n) is 4.79. The van der Waals surface area contributed by atoms with Crippen LogP contribution in [0.3, 0.4) is 0 Å². The fraction of sp³-hybridized carbons (Fsp3) is 0.667. The number of rotatable bonds is 7. The number of nitrogens with one attached hydrogen (secondary N) is 1. The predicted molar refractivity (Wildman–Crippen MR) is 63.8 cm³/mol. The summed E-state index contributed by atoms with van der Waals surface area (Å²) in [5, 5.41) is 12.2. The summed E-state index contributed by atoms with van der Waals surface area (Å²) in [7, 11) is 0. The normalized spacial score (nSPS) is 11.7. The minimum Gasteiger partial charge on any atom is -0.396 e. The van der Waals surface area contributed by atoms with Crippen molar-refractivity contribution < 1.29 is 5.11 Å². The first kappa shape index (κ1) is 13.1. The van der Waals surface area contributed by atoms with Crippen molar-refractivity contribution >= 4 is 0 Å². The first-order valence-electron chi connectivity index (χ1n) is 5.70. The Kier molecular flexibility index (Phi) is 5.35. The summed E-state index contributed by atoms with van der Waals surface area (Å²) in [5.41, 5.74) is 1.17. The lowest BCUT2D eigenvalue weighted by molar-refractivity contribution is 0.236. The van der Waals surface area contributed by atoms with Crippen molar-refractivity contribution in [3.05, 3.63) is 24.3 Å². The Bertz CT molecular complexity index is 288. The molecule has 0 saturated carbocycles. The Balaban J connectivity index is 2.24. The van der Waals surface area contributed by atoms with E-state index in [1.807, 2.05) is 0 Å². The van der Waals surface area contributed by atoms with Crippen LogP contribution in [0.4, 0.5) is 0 Å². The molecule has 1 aromatic rings. The molecule has 0 bridgehead atoms. The molecule has 0 spiro atoms. The van der Waals surface area contributed by atoms with Crippen molar-refractivity contribution in [2.75, 3.05) is 13.2 Å². The van der Waals surface area contributed by atoms with Crippen LogP contribution in [0.25, 0.3) is 0 Å². The Morgan fingerprint density at radius 2 is 2.19 bits per heavy atom. The van der Waals surface area contributed by atoms with Crippen LogP contribution in [0.5, 0.6) is 0 Å². The van der Waals surface area contributed by atoms with Gasteiger partial charge in [0.05, 0.1) is 5.69 Å². The van der Waals surface area contributed by atoms with Crippen LogP contribution in [0.15, 0.2) is 18.6 Å². The Labute approximate surface area is 97.1 Å². The highest BCUT2D eigenvalue weighted by Gasteiger charge is 2.16. The lowest BCUT2D eigenvalue weighted by Gasteiger charge is -2.24. The van der Waals surface area contributed by atoms with E-state index in [2.05, 4.69) is 29.1 Å². The molecule has 4 nitrogen and oxygen atoms in total. The van der Waals surface area contributed by atoms with Crippen LogP contribution < -0.4 is 5.32 Å². The van der Waals surface area contributed by atoms with Gasteiger partial charge in [0.2, 0.25) is 0 Å². The molecule has 0 aliphatic rings. The van der Waals surface area contributed by atoms with Crippen molar-refractivity contribution in [3.63, 3.8) is 0 Å². The topological polar surface area (TPSA) is 58.0 Å². The molecule has 0 amide bonds. The standard InChI is InChI=1S/C12H21N3O/c1-12(2,4-3-7-16)10-14-9-11-8-13-5-6-15-11/h5-6,8,14,16H,3-4,7,9-10H2,1-2H3. The molecule has 0 aliphatic carbocycles. The zero-order valence-corrected chi connectivity index (χ0v) is 10.1. The zero-order valence-electron chi connectivity index (χ0n) is 10.1. The SMILES string of the molecule is CC(C)(CCCO)CNCc1cnccn1. The summed E-state index contributed by atoms with van der Waals surface area (Å²) in [6.45, 7) is 6.34. The highest BCUT2D eigenvalue weighted by Crippen LogP contribution is 2.20. The number of aromatic nitrogens is 2. The van der Waals surface area contributed by atoms with Crippen LogP contribution in [-0.2, 0) is 6.54 Å². The minimum atomic E-state index is 0.213. The molecular formula is C12H21N3O. The molecule has 0 radical (unpaired) electrons. The van der Waals surface area contributed by atoms with Gasteiger partial charge < -0.3 is 10.4 Å². The van der Waals surface area contributed by atoms with E-state index < -0.39 is 0 Å². The quantitative estimate of drug-likeness (QED) is 0.733. The van der Waals surface area contributed by atoms with Crippen molar-refractivity contribution in [3.8, 4) is 0 Å². The predicted octanol–water partition coefficient (Wildman–Crippen LogP) is 1.36. The number of aliphatic hydroxyl groups is 1. The largest absolute Gasteiger partial charge is 0.396 e. The molecule has 1 rings (SSSR count). The molecule has 2 N–H and O–H groups in total. The smallest absolute Gasteiger partial charge is 0.0724 e. The van der Waals surface area contributed by atoms with E-state index in [0.29, 0.717) is 0 Å². The average molecular weight is 223 g/mol. The Morgan fingerprint density at radius 1 is 1.38 bits per heavy atom. The van der Waals surface area contributed by atoms with E-state index in [9.17, 15) is 0 Å². The van der Waals surface area contributed by atoms with Gasteiger partial charge in [-0.25, -0.2) is 0 Å². The van der Waals surface area contributed by atoms with Gasteiger partial charge in [0.15, 0.2) is 0 Å². The zero-order chi connectivity index (χ0) is 11.9. The molecule has 90 valence electrons. The second-order valence-corrected chi connectivity index (χ2v) is 4.79. The van der Waals surface area contributed by atoms with Crippen molar-refractivity contribution in [2.24, 2.45) is 5.41 Å². The number of aliphatic hydroxyl groups excluding tert-OH is 1. The summed E-state index contributed by atoms with van der Waals surface area (Å²) < 4.78 is 0. The molecule has 0 saturated heterocycles. The molecule has 0 aromatic carbocycles. The molecule has 0 unspecified atom stereocenters. The average Bonchev–Trinajstić information content (AvgIpc) is 2.28. The van der Waals surface area contributed by atoms with Gasteiger partial charge in [-0.05, 0) is 18.3 Å². The monoisotopic (exact) mass is 223 g/mol. The van der Waals surface area contributed by atoms with E-state index >= 15 is 0 Å². The van der Waals surface area contributed by atoms with Gasteiger partial charge in [-0.15, -0.1) is 0 Å². The van der Waals surface area contributed by atoms with Gasteiger partial charge in [0.1, 0.15) is 0 Å². The van der Waals surface area contributed by atoms with Crippen molar-refractivity contribution in [2.45, 2.75) is 33.2 Å². The van der Waals surface area contributed by atoms with Crippen LogP contribution in [-0.4, -0.2) is 28.2 Å². The fourth-order valence-corrected chi connectivity index (χ4v) is 1.60. The molecule has 0 aliphatic heterocycles. The third-order valence-electron chi connectivity index (χ3n) is 2.54. The molecule has 1 heterocycles. The van der Waals surface area contributed by atoms with Crippen LogP contribution in [0, 0.1) is 5.41 Å². The number of hydrogen-bond donors (Lipinski definition) is 2. The molecule has 0 fully saturated rings. The molecule has 0 atom stereocenters. The van der Waals surface area contributed by atoms with Crippen molar-refractivity contribution in [1.29, 1.82) is 0 Å². The molecule has 4 heteroatoms. The van der Waals surface area contributed by atoms with Gasteiger partial charge >= 0.3 is 0 Å². The Hall–Kier alpha value is -1.00. The second kappa shape index (κ2) is 6.55.